The standard InChI is InChI=1S/C14H15BrN2O2/c15-11-5-1-4-10-12(11)14(19)17(13(10)18)8-9-3-2-6-16-7-9/h1,4-5,9,16H,2-3,6-8H2. The summed E-state index contributed by atoms with van der Waals surface area (Å²) < 4.78 is 0.701. The molecule has 1 saturated heterocycles. The zero-order chi connectivity index (χ0) is 13.4. The first kappa shape index (κ1) is 12.8. The number of nitrogens with one attached hydrogen (secondary N) is 1. The lowest BCUT2D eigenvalue weighted by Gasteiger charge is -2.26. The van der Waals surface area contributed by atoms with E-state index in [2.05, 4.69) is 21.2 Å². The molecule has 1 aromatic carbocycles. The lowest BCUT2D eigenvalue weighted by Crippen LogP contribution is -2.40. The maximum Gasteiger partial charge on any atom is 0.262 e. The van der Waals surface area contributed by atoms with Gasteiger partial charge in [-0.05, 0) is 59.9 Å². The number of hydrogen-bond donors (Lipinski definition) is 1. The molecule has 2 aliphatic heterocycles. The van der Waals surface area contributed by atoms with Gasteiger partial charge in [-0.25, -0.2) is 0 Å². The molecule has 0 bridgehead atoms. The average molecular weight is 323 g/mol. The minimum atomic E-state index is -0.168. The van der Waals surface area contributed by atoms with Crippen molar-refractivity contribution in [1.29, 1.82) is 0 Å². The Kier molecular flexibility index (Phi) is 3.41. The molecule has 19 heavy (non-hydrogen) atoms. The number of hydrogen-bond acceptors (Lipinski definition) is 3. The zero-order valence-corrected chi connectivity index (χ0v) is 12.1. The Bertz CT molecular complexity index is 538. The van der Waals surface area contributed by atoms with Crippen LogP contribution in [-0.2, 0) is 0 Å². The number of carbonyl (C=O) groups excluding carboxylic acids is 2. The molecule has 1 N–H and O–H groups in total. The number of rotatable bonds is 2. The van der Waals surface area contributed by atoms with Crippen molar-refractivity contribution in [3.05, 3.63) is 33.8 Å². The third-order valence-corrected chi connectivity index (χ3v) is 4.45. The number of piperidine rings is 1. The summed E-state index contributed by atoms with van der Waals surface area (Å²) in [5.41, 5.74) is 1.03. The highest BCUT2D eigenvalue weighted by Gasteiger charge is 2.38. The van der Waals surface area contributed by atoms with Crippen LogP contribution in [-0.4, -0.2) is 36.3 Å². The van der Waals surface area contributed by atoms with Crippen LogP contribution in [0.1, 0.15) is 33.6 Å². The summed E-state index contributed by atoms with van der Waals surface area (Å²) in [7, 11) is 0. The topological polar surface area (TPSA) is 49.4 Å². The van der Waals surface area contributed by atoms with Crippen molar-refractivity contribution in [1.82, 2.24) is 10.2 Å². The Morgan fingerprint density at radius 2 is 2.16 bits per heavy atom. The number of nitrogens with zero attached hydrogens (tertiary/aromatic N) is 1. The first-order chi connectivity index (χ1) is 9.18. The molecule has 100 valence electrons. The van der Waals surface area contributed by atoms with Crippen molar-refractivity contribution in [3.63, 3.8) is 0 Å². The van der Waals surface area contributed by atoms with Gasteiger partial charge >= 0.3 is 0 Å². The van der Waals surface area contributed by atoms with Crippen molar-refractivity contribution in [2.75, 3.05) is 19.6 Å². The smallest absolute Gasteiger partial charge is 0.262 e. The molecule has 2 heterocycles. The van der Waals surface area contributed by atoms with Gasteiger partial charge in [0, 0.05) is 11.0 Å². The number of benzene rings is 1. The second-order valence-corrected chi connectivity index (χ2v) is 5.95. The minimum absolute atomic E-state index is 0.160. The minimum Gasteiger partial charge on any atom is -0.316 e. The zero-order valence-electron chi connectivity index (χ0n) is 10.5. The molecule has 1 unspecified atom stereocenters. The van der Waals surface area contributed by atoms with E-state index in [1.165, 1.54) is 4.90 Å². The van der Waals surface area contributed by atoms with E-state index in [9.17, 15) is 9.59 Å². The average Bonchev–Trinajstić information content (AvgIpc) is 2.66. The fraction of sp³-hybridized carbons (Fsp3) is 0.429. The molecule has 4 nitrogen and oxygen atoms in total. The van der Waals surface area contributed by atoms with Gasteiger partial charge in [0.2, 0.25) is 0 Å². The number of fused-ring (bicyclic) bond motifs is 1. The molecule has 0 radical (unpaired) electrons. The fourth-order valence-electron chi connectivity index (χ4n) is 2.80. The van der Waals surface area contributed by atoms with E-state index in [4.69, 9.17) is 0 Å². The van der Waals surface area contributed by atoms with E-state index < -0.39 is 0 Å². The van der Waals surface area contributed by atoms with Crippen LogP contribution in [0.3, 0.4) is 0 Å². The maximum atomic E-state index is 12.4. The lowest BCUT2D eigenvalue weighted by atomic mass is 9.99. The predicted octanol–water partition coefficient (Wildman–Crippen LogP) is 2.04. The van der Waals surface area contributed by atoms with Gasteiger partial charge in [0.05, 0.1) is 11.1 Å². The Morgan fingerprint density at radius 3 is 2.84 bits per heavy atom. The summed E-state index contributed by atoms with van der Waals surface area (Å²) in [6.45, 7) is 2.44. The van der Waals surface area contributed by atoms with Gasteiger partial charge < -0.3 is 5.32 Å². The first-order valence-corrected chi connectivity index (χ1v) is 7.33. The molecule has 0 saturated carbocycles. The van der Waals surface area contributed by atoms with Crippen LogP contribution < -0.4 is 5.32 Å². The highest BCUT2D eigenvalue weighted by Crippen LogP contribution is 2.30. The summed E-state index contributed by atoms with van der Waals surface area (Å²) in [5.74, 6) is 0.0414. The van der Waals surface area contributed by atoms with E-state index in [-0.39, 0.29) is 11.8 Å². The van der Waals surface area contributed by atoms with Crippen LogP contribution in [0.5, 0.6) is 0 Å². The molecule has 2 amide bonds. The normalized spacial score (nSPS) is 22.8. The van der Waals surface area contributed by atoms with Gasteiger partial charge in [-0.15, -0.1) is 0 Å². The van der Waals surface area contributed by atoms with Crippen molar-refractivity contribution in [2.24, 2.45) is 5.92 Å². The van der Waals surface area contributed by atoms with Gasteiger partial charge in [0.1, 0.15) is 0 Å². The van der Waals surface area contributed by atoms with E-state index in [1.807, 2.05) is 0 Å². The van der Waals surface area contributed by atoms with Crippen molar-refractivity contribution in [2.45, 2.75) is 12.8 Å². The molecular weight excluding hydrogens is 308 g/mol. The maximum absolute atomic E-state index is 12.4. The van der Waals surface area contributed by atoms with Gasteiger partial charge in [0.25, 0.3) is 11.8 Å². The van der Waals surface area contributed by atoms with Crippen LogP contribution in [0, 0.1) is 5.92 Å². The number of carbonyl (C=O) groups is 2. The number of amides is 2. The van der Waals surface area contributed by atoms with Gasteiger partial charge in [-0.2, -0.15) is 0 Å². The molecule has 1 aromatic rings. The third-order valence-electron chi connectivity index (χ3n) is 3.79. The van der Waals surface area contributed by atoms with Crippen LogP contribution in [0.15, 0.2) is 22.7 Å². The van der Waals surface area contributed by atoms with E-state index in [1.54, 1.807) is 18.2 Å². The van der Waals surface area contributed by atoms with E-state index >= 15 is 0 Å². The molecular formula is C14H15BrN2O2. The van der Waals surface area contributed by atoms with Crippen molar-refractivity contribution in [3.8, 4) is 0 Å². The highest BCUT2D eigenvalue weighted by atomic mass is 79.9. The van der Waals surface area contributed by atoms with E-state index in [0.717, 1.165) is 25.9 Å². The summed E-state index contributed by atoms with van der Waals surface area (Å²) >= 11 is 3.36. The summed E-state index contributed by atoms with van der Waals surface area (Å²) in [5, 5.41) is 3.31. The molecule has 2 aliphatic rings. The van der Waals surface area contributed by atoms with E-state index in [0.29, 0.717) is 28.1 Å². The Morgan fingerprint density at radius 1 is 1.32 bits per heavy atom. The number of halogens is 1. The SMILES string of the molecule is O=C1c2cccc(Br)c2C(=O)N1CC1CCCNC1. The molecule has 0 spiro atoms. The summed E-state index contributed by atoms with van der Waals surface area (Å²) in [6, 6.07) is 5.31. The predicted molar refractivity (Wildman–Crippen MR) is 75.1 cm³/mol. The molecule has 1 atom stereocenters. The largest absolute Gasteiger partial charge is 0.316 e. The molecule has 0 aliphatic carbocycles. The Balaban J connectivity index is 1.84. The lowest BCUT2D eigenvalue weighted by molar-refractivity contribution is 0.0621. The van der Waals surface area contributed by atoms with Gasteiger partial charge in [-0.3, -0.25) is 14.5 Å². The van der Waals surface area contributed by atoms with Crippen LogP contribution in [0.25, 0.3) is 0 Å². The molecule has 5 heteroatoms. The Hall–Kier alpha value is -1.20. The summed E-state index contributed by atoms with van der Waals surface area (Å²) in [4.78, 5) is 26.0. The highest BCUT2D eigenvalue weighted by molar-refractivity contribution is 9.10. The molecule has 0 aromatic heterocycles. The van der Waals surface area contributed by atoms with Crippen LogP contribution in [0.4, 0.5) is 0 Å². The van der Waals surface area contributed by atoms with Crippen LogP contribution in [0.2, 0.25) is 0 Å². The fourth-order valence-corrected chi connectivity index (χ4v) is 3.33. The van der Waals surface area contributed by atoms with Crippen LogP contribution >= 0.6 is 15.9 Å². The second-order valence-electron chi connectivity index (χ2n) is 5.10. The first-order valence-electron chi connectivity index (χ1n) is 6.54. The van der Waals surface area contributed by atoms with Gasteiger partial charge in [0.15, 0.2) is 0 Å². The molecule has 1 fully saturated rings. The number of imide groups is 1. The summed E-state index contributed by atoms with van der Waals surface area (Å²) in [6.07, 6.45) is 2.18. The van der Waals surface area contributed by atoms with Crippen molar-refractivity contribution >= 4 is 27.7 Å². The monoisotopic (exact) mass is 322 g/mol. The quantitative estimate of drug-likeness (QED) is 0.848. The van der Waals surface area contributed by atoms with Crippen molar-refractivity contribution < 1.29 is 9.59 Å². The Labute approximate surface area is 120 Å². The molecule has 3 rings (SSSR count). The third kappa shape index (κ3) is 2.21. The van der Waals surface area contributed by atoms with Gasteiger partial charge in [-0.1, -0.05) is 6.07 Å². The second kappa shape index (κ2) is 5.06.